The zero-order chi connectivity index (χ0) is 22.4. The fourth-order valence-corrected chi connectivity index (χ4v) is 4.86. The van der Waals surface area contributed by atoms with Crippen molar-refractivity contribution in [3.05, 3.63) is 48.0 Å². The van der Waals surface area contributed by atoms with Crippen molar-refractivity contribution in [1.29, 1.82) is 0 Å². The minimum Gasteiger partial charge on any atom is -0.396 e. The number of allylic oxidation sites excluding steroid dienone is 1. The largest absolute Gasteiger partial charge is 0.396 e. The van der Waals surface area contributed by atoms with Crippen LogP contribution in [-0.2, 0) is 20.9 Å². The van der Waals surface area contributed by atoms with Gasteiger partial charge >= 0.3 is 0 Å². The number of aliphatic hydroxyl groups is 1. The van der Waals surface area contributed by atoms with Gasteiger partial charge in [0, 0.05) is 32.7 Å². The van der Waals surface area contributed by atoms with E-state index < -0.39 is 17.9 Å². The smallest absolute Gasteiger partial charge is 0.243 e. The standard InChI is InChI=1S/C24H33N3O4/c1-16-11-12-18-20(19(16)22(29)25-2)24(31)27(13-7-4-8-14-28)21(18)23(30)26-15-17-9-5-3-6-10-17/h3,5-6,9-12,16,18-21,28H,4,7-8,13-15H2,1-2H3,(H,25,29)(H,26,30)/t16-,18+,19-,20+,21+/m1/s1. The lowest BCUT2D eigenvalue weighted by Crippen LogP contribution is -2.47. The molecule has 0 aromatic heterocycles. The SMILES string of the molecule is CNC(=O)[C@H]1[C@H]2C(=O)N(CCCCCO)[C@H](C(=O)NCc3ccccc3)[C@H]2C=C[C@H]1C. The molecule has 0 radical (unpaired) electrons. The highest BCUT2D eigenvalue weighted by Crippen LogP contribution is 2.44. The van der Waals surface area contributed by atoms with Gasteiger partial charge in [-0.3, -0.25) is 14.4 Å². The highest BCUT2D eigenvalue weighted by molar-refractivity contribution is 5.96. The Labute approximate surface area is 183 Å². The van der Waals surface area contributed by atoms with Crippen LogP contribution in [-0.4, -0.2) is 54.0 Å². The quantitative estimate of drug-likeness (QED) is 0.411. The Bertz CT molecular complexity index is 810. The van der Waals surface area contributed by atoms with E-state index in [9.17, 15) is 14.4 Å². The molecule has 168 valence electrons. The van der Waals surface area contributed by atoms with Crippen molar-refractivity contribution in [3.63, 3.8) is 0 Å². The van der Waals surface area contributed by atoms with Crippen molar-refractivity contribution in [1.82, 2.24) is 15.5 Å². The highest BCUT2D eigenvalue weighted by Gasteiger charge is 2.56. The Morgan fingerprint density at radius 2 is 1.81 bits per heavy atom. The lowest BCUT2D eigenvalue weighted by molar-refractivity contribution is -0.140. The van der Waals surface area contributed by atoms with E-state index in [0.717, 1.165) is 12.0 Å². The number of nitrogens with zero attached hydrogens (tertiary/aromatic N) is 1. The molecular formula is C24H33N3O4. The summed E-state index contributed by atoms with van der Waals surface area (Å²) in [5.41, 5.74) is 0.988. The molecule has 1 aliphatic carbocycles. The predicted molar refractivity (Wildman–Crippen MR) is 118 cm³/mol. The summed E-state index contributed by atoms with van der Waals surface area (Å²) >= 11 is 0. The van der Waals surface area contributed by atoms with E-state index in [0.29, 0.717) is 25.9 Å². The fraction of sp³-hybridized carbons (Fsp3) is 0.542. The van der Waals surface area contributed by atoms with Gasteiger partial charge in [0.05, 0.1) is 11.8 Å². The van der Waals surface area contributed by atoms with Crippen LogP contribution in [0.1, 0.15) is 31.7 Å². The fourth-order valence-electron chi connectivity index (χ4n) is 4.86. The predicted octanol–water partition coefficient (Wildman–Crippen LogP) is 1.48. The van der Waals surface area contributed by atoms with Gasteiger partial charge in [-0.2, -0.15) is 0 Å². The second kappa shape index (κ2) is 10.6. The van der Waals surface area contributed by atoms with Gasteiger partial charge in [0.15, 0.2) is 0 Å². The van der Waals surface area contributed by atoms with Gasteiger partial charge in [0.1, 0.15) is 6.04 Å². The van der Waals surface area contributed by atoms with Crippen molar-refractivity contribution < 1.29 is 19.5 Å². The molecule has 3 amide bonds. The van der Waals surface area contributed by atoms with Gasteiger partial charge in [-0.25, -0.2) is 0 Å². The molecule has 1 aromatic rings. The van der Waals surface area contributed by atoms with Crippen LogP contribution in [0, 0.1) is 23.7 Å². The zero-order valence-corrected chi connectivity index (χ0v) is 18.3. The lowest BCUT2D eigenvalue weighted by atomic mass is 9.70. The summed E-state index contributed by atoms with van der Waals surface area (Å²) in [4.78, 5) is 41.0. The summed E-state index contributed by atoms with van der Waals surface area (Å²) in [6.07, 6.45) is 6.06. The molecule has 2 aliphatic rings. The summed E-state index contributed by atoms with van der Waals surface area (Å²) in [7, 11) is 1.58. The van der Waals surface area contributed by atoms with Crippen LogP contribution < -0.4 is 10.6 Å². The van der Waals surface area contributed by atoms with Gasteiger partial charge in [-0.15, -0.1) is 0 Å². The third-order valence-corrected chi connectivity index (χ3v) is 6.46. The normalized spacial score (nSPS) is 27.1. The number of unbranched alkanes of at least 4 members (excludes halogenated alkanes) is 2. The molecule has 3 rings (SSSR count). The van der Waals surface area contributed by atoms with Crippen LogP contribution in [0.2, 0.25) is 0 Å². The molecule has 0 unspecified atom stereocenters. The number of rotatable bonds is 9. The minimum absolute atomic E-state index is 0.0764. The molecule has 1 heterocycles. The van der Waals surface area contributed by atoms with Crippen LogP contribution in [0.5, 0.6) is 0 Å². The second-order valence-electron chi connectivity index (χ2n) is 8.45. The highest BCUT2D eigenvalue weighted by atomic mass is 16.3. The summed E-state index contributed by atoms with van der Waals surface area (Å²) in [5.74, 6) is -1.91. The molecule has 0 saturated carbocycles. The lowest BCUT2D eigenvalue weighted by Gasteiger charge is -2.32. The molecule has 5 atom stereocenters. The Hall–Kier alpha value is -2.67. The Kier molecular flexibility index (Phi) is 7.85. The van der Waals surface area contributed by atoms with E-state index >= 15 is 0 Å². The molecule has 7 nitrogen and oxygen atoms in total. The number of carbonyl (C=O) groups excluding carboxylic acids is 3. The van der Waals surface area contributed by atoms with Gasteiger partial charge in [0.2, 0.25) is 17.7 Å². The number of hydrogen-bond donors (Lipinski definition) is 3. The van der Waals surface area contributed by atoms with Crippen LogP contribution >= 0.6 is 0 Å². The number of carbonyl (C=O) groups is 3. The van der Waals surface area contributed by atoms with Crippen LogP contribution in [0.4, 0.5) is 0 Å². The first-order valence-corrected chi connectivity index (χ1v) is 11.1. The third-order valence-electron chi connectivity index (χ3n) is 6.46. The topological polar surface area (TPSA) is 98.7 Å². The van der Waals surface area contributed by atoms with Crippen molar-refractivity contribution in [3.8, 4) is 0 Å². The molecule has 1 saturated heterocycles. The van der Waals surface area contributed by atoms with Gasteiger partial charge < -0.3 is 20.6 Å². The maximum Gasteiger partial charge on any atom is 0.243 e. The van der Waals surface area contributed by atoms with Crippen molar-refractivity contribution >= 4 is 17.7 Å². The summed E-state index contributed by atoms with van der Waals surface area (Å²) < 4.78 is 0. The monoisotopic (exact) mass is 427 g/mol. The van der Waals surface area contributed by atoms with E-state index in [4.69, 9.17) is 5.11 Å². The molecule has 1 aliphatic heterocycles. The summed E-state index contributed by atoms with van der Waals surface area (Å²) in [6, 6.07) is 9.02. The van der Waals surface area contributed by atoms with Crippen molar-refractivity contribution in [2.24, 2.45) is 23.7 Å². The number of aliphatic hydroxyl groups excluding tert-OH is 1. The van der Waals surface area contributed by atoms with Crippen molar-refractivity contribution in [2.45, 2.75) is 38.8 Å². The zero-order valence-electron chi connectivity index (χ0n) is 18.3. The maximum atomic E-state index is 13.5. The van der Waals surface area contributed by atoms with Gasteiger partial charge in [-0.1, -0.05) is 49.4 Å². The minimum atomic E-state index is -0.633. The third kappa shape index (κ3) is 4.98. The first kappa shape index (κ1) is 23.0. The van der Waals surface area contributed by atoms with Gasteiger partial charge in [-0.05, 0) is 30.7 Å². The molecular weight excluding hydrogens is 394 g/mol. The Morgan fingerprint density at radius 3 is 2.48 bits per heavy atom. The number of nitrogens with one attached hydrogen (secondary N) is 2. The van der Waals surface area contributed by atoms with E-state index in [1.807, 2.05) is 49.4 Å². The van der Waals surface area contributed by atoms with Crippen LogP contribution in [0.25, 0.3) is 0 Å². The molecule has 0 spiro atoms. The van der Waals surface area contributed by atoms with Crippen LogP contribution in [0.3, 0.4) is 0 Å². The second-order valence-corrected chi connectivity index (χ2v) is 8.45. The molecule has 3 N–H and O–H groups in total. The van der Waals surface area contributed by atoms with E-state index in [1.54, 1.807) is 11.9 Å². The first-order chi connectivity index (χ1) is 15.0. The molecule has 7 heteroatoms. The van der Waals surface area contributed by atoms with E-state index in [-0.39, 0.29) is 36.2 Å². The number of amides is 3. The van der Waals surface area contributed by atoms with Gasteiger partial charge in [0.25, 0.3) is 0 Å². The summed E-state index contributed by atoms with van der Waals surface area (Å²) in [5, 5.41) is 14.7. The number of fused-ring (bicyclic) bond motifs is 1. The first-order valence-electron chi connectivity index (χ1n) is 11.1. The average Bonchev–Trinajstić information content (AvgIpc) is 3.07. The number of benzene rings is 1. The van der Waals surface area contributed by atoms with E-state index in [1.165, 1.54) is 0 Å². The molecule has 31 heavy (non-hydrogen) atoms. The van der Waals surface area contributed by atoms with Crippen LogP contribution in [0.15, 0.2) is 42.5 Å². The Morgan fingerprint density at radius 1 is 1.06 bits per heavy atom. The number of hydrogen-bond acceptors (Lipinski definition) is 4. The van der Waals surface area contributed by atoms with Crippen molar-refractivity contribution in [2.75, 3.05) is 20.2 Å². The molecule has 1 aromatic carbocycles. The maximum absolute atomic E-state index is 13.5. The number of likely N-dealkylation sites (tertiary alicyclic amines) is 1. The average molecular weight is 428 g/mol. The van der Waals surface area contributed by atoms with E-state index in [2.05, 4.69) is 10.6 Å². The Balaban J connectivity index is 1.83. The summed E-state index contributed by atoms with van der Waals surface area (Å²) in [6.45, 7) is 2.88. The molecule has 0 bridgehead atoms. The molecule has 1 fully saturated rings.